The van der Waals surface area contributed by atoms with E-state index in [0.29, 0.717) is 24.5 Å². The summed E-state index contributed by atoms with van der Waals surface area (Å²) in [6.45, 7) is 1.36. The molecule has 1 amide bonds. The maximum absolute atomic E-state index is 13.6. The monoisotopic (exact) mass is 270 g/mol. The van der Waals surface area contributed by atoms with Crippen LogP contribution in [-0.2, 0) is 16.1 Å². The third-order valence-electron chi connectivity index (χ3n) is 2.49. The third-order valence-corrected chi connectivity index (χ3v) is 2.49. The van der Waals surface area contributed by atoms with Gasteiger partial charge in [-0.3, -0.25) is 4.79 Å². The van der Waals surface area contributed by atoms with Crippen molar-refractivity contribution in [3.8, 4) is 5.75 Å². The molecule has 0 bridgehead atoms. The Kier molecular flexibility index (Phi) is 6.84. The van der Waals surface area contributed by atoms with Crippen LogP contribution >= 0.6 is 0 Å². The Morgan fingerprint density at radius 1 is 1.37 bits per heavy atom. The summed E-state index contributed by atoms with van der Waals surface area (Å²) < 4.78 is 23.3. The quantitative estimate of drug-likeness (QED) is 0.682. The van der Waals surface area contributed by atoms with Crippen molar-refractivity contribution in [2.45, 2.75) is 6.54 Å². The summed E-state index contributed by atoms with van der Waals surface area (Å²) in [5, 5.41) is 5.54. The highest BCUT2D eigenvalue weighted by Crippen LogP contribution is 2.15. The van der Waals surface area contributed by atoms with Crippen molar-refractivity contribution < 1.29 is 18.7 Å². The summed E-state index contributed by atoms with van der Waals surface area (Å²) in [7, 11) is 3.05. The summed E-state index contributed by atoms with van der Waals surface area (Å²) >= 11 is 0. The molecule has 0 saturated carbocycles. The highest BCUT2D eigenvalue weighted by molar-refractivity contribution is 5.77. The van der Waals surface area contributed by atoms with E-state index in [4.69, 9.17) is 9.47 Å². The Morgan fingerprint density at radius 3 is 2.79 bits per heavy atom. The molecule has 0 aliphatic heterocycles. The first-order chi connectivity index (χ1) is 9.17. The molecular weight excluding hydrogens is 251 g/mol. The zero-order valence-corrected chi connectivity index (χ0v) is 11.2. The molecule has 106 valence electrons. The predicted molar refractivity (Wildman–Crippen MR) is 69.5 cm³/mol. The fourth-order valence-electron chi connectivity index (χ4n) is 1.46. The lowest BCUT2D eigenvalue weighted by atomic mass is 10.2. The summed E-state index contributed by atoms with van der Waals surface area (Å²) in [5.41, 5.74) is 0.491. The van der Waals surface area contributed by atoms with Crippen molar-refractivity contribution >= 4 is 5.91 Å². The van der Waals surface area contributed by atoms with Gasteiger partial charge in [-0.25, -0.2) is 4.39 Å². The maximum Gasteiger partial charge on any atom is 0.234 e. The molecule has 0 fully saturated rings. The van der Waals surface area contributed by atoms with E-state index in [9.17, 15) is 9.18 Å². The zero-order valence-electron chi connectivity index (χ0n) is 11.2. The van der Waals surface area contributed by atoms with Crippen LogP contribution in [0.5, 0.6) is 5.75 Å². The molecule has 19 heavy (non-hydrogen) atoms. The molecule has 0 spiro atoms. The number of rotatable bonds is 8. The van der Waals surface area contributed by atoms with Crippen LogP contribution in [0.25, 0.3) is 0 Å². The number of ether oxygens (including phenoxy) is 2. The van der Waals surface area contributed by atoms with Gasteiger partial charge < -0.3 is 20.1 Å². The van der Waals surface area contributed by atoms with Gasteiger partial charge in [-0.05, 0) is 6.07 Å². The number of carbonyl (C=O) groups excluding carboxylic acids is 1. The largest absolute Gasteiger partial charge is 0.497 e. The van der Waals surface area contributed by atoms with Crippen molar-refractivity contribution in [3.05, 3.63) is 29.6 Å². The molecule has 0 radical (unpaired) electrons. The van der Waals surface area contributed by atoms with E-state index >= 15 is 0 Å². The minimum absolute atomic E-state index is 0.134. The summed E-state index contributed by atoms with van der Waals surface area (Å²) in [6, 6.07) is 4.62. The first-order valence-corrected chi connectivity index (χ1v) is 5.96. The molecule has 1 aromatic carbocycles. The Bertz CT molecular complexity index is 413. The van der Waals surface area contributed by atoms with E-state index in [1.807, 2.05) is 0 Å². The van der Waals surface area contributed by atoms with Gasteiger partial charge in [0, 0.05) is 31.8 Å². The van der Waals surface area contributed by atoms with Crippen LogP contribution < -0.4 is 15.4 Å². The molecule has 1 aromatic rings. The standard InChI is InChI=1S/C13H19FN2O3/c1-18-6-5-16-13(17)9-15-8-10-3-4-11(19-2)7-12(10)14/h3-4,7,15H,5-6,8-9H2,1-2H3,(H,16,17). The number of carbonyl (C=O) groups is 1. The number of nitrogens with one attached hydrogen (secondary N) is 2. The van der Waals surface area contributed by atoms with Crippen molar-refractivity contribution in [1.82, 2.24) is 10.6 Å². The minimum atomic E-state index is -0.355. The number of methoxy groups -OCH3 is 2. The van der Waals surface area contributed by atoms with E-state index < -0.39 is 0 Å². The van der Waals surface area contributed by atoms with Gasteiger partial charge in [0.1, 0.15) is 11.6 Å². The van der Waals surface area contributed by atoms with Crippen LogP contribution in [0.4, 0.5) is 4.39 Å². The first kappa shape index (κ1) is 15.4. The third kappa shape index (κ3) is 5.67. The van der Waals surface area contributed by atoms with Crippen LogP contribution in [-0.4, -0.2) is 39.8 Å². The van der Waals surface area contributed by atoms with E-state index in [1.165, 1.54) is 13.2 Å². The van der Waals surface area contributed by atoms with Gasteiger partial charge in [-0.1, -0.05) is 6.07 Å². The maximum atomic E-state index is 13.6. The lowest BCUT2D eigenvalue weighted by Crippen LogP contribution is -2.35. The first-order valence-electron chi connectivity index (χ1n) is 5.96. The zero-order chi connectivity index (χ0) is 14.1. The molecule has 0 aliphatic carbocycles. The molecule has 0 unspecified atom stereocenters. The smallest absolute Gasteiger partial charge is 0.234 e. The molecule has 0 saturated heterocycles. The second-order valence-corrected chi connectivity index (χ2v) is 3.90. The van der Waals surface area contributed by atoms with Crippen LogP contribution in [0.1, 0.15) is 5.56 Å². The number of hydrogen-bond acceptors (Lipinski definition) is 4. The van der Waals surface area contributed by atoms with Gasteiger partial charge in [0.25, 0.3) is 0 Å². The Hall–Kier alpha value is -1.66. The average molecular weight is 270 g/mol. The number of halogens is 1. The summed E-state index contributed by atoms with van der Waals surface area (Å²) in [6.07, 6.45) is 0. The number of amides is 1. The topological polar surface area (TPSA) is 59.6 Å². The number of hydrogen-bond donors (Lipinski definition) is 2. The highest BCUT2D eigenvalue weighted by Gasteiger charge is 2.05. The van der Waals surface area contributed by atoms with Crippen LogP contribution in [0.2, 0.25) is 0 Å². The van der Waals surface area contributed by atoms with Crippen molar-refractivity contribution in [2.75, 3.05) is 33.9 Å². The minimum Gasteiger partial charge on any atom is -0.497 e. The van der Waals surface area contributed by atoms with E-state index in [-0.39, 0.29) is 24.8 Å². The Balaban J connectivity index is 2.31. The lowest BCUT2D eigenvalue weighted by molar-refractivity contribution is -0.120. The van der Waals surface area contributed by atoms with Gasteiger partial charge >= 0.3 is 0 Å². The molecule has 1 rings (SSSR count). The fourth-order valence-corrected chi connectivity index (χ4v) is 1.46. The van der Waals surface area contributed by atoms with Crippen molar-refractivity contribution in [3.63, 3.8) is 0 Å². The van der Waals surface area contributed by atoms with Crippen molar-refractivity contribution in [2.24, 2.45) is 0 Å². The van der Waals surface area contributed by atoms with E-state index in [1.54, 1.807) is 19.2 Å². The second kappa shape index (κ2) is 8.44. The van der Waals surface area contributed by atoms with Crippen LogP contribution in [0.15, 0.2) is 18.2 Å². The predicted octanol–water partition coefficient (Wildman–Crippen LogP) is 0.686. The number of benzene rings is 1. The molecule has 0 atom stereocenters. The van der Waals surface area contributed by atoms with Gasteiger partial charge in [-0.2, -0.15) is 0 Å². The van der Waals surface area contributed by atoms with Gasteiger partial charge in [-0.15, -0.1) is 0 Å². The summed E-state index contributed by atoms with van der Waals surface area (Å²) in [5.74, 6) is -0.0313. The molecule has 0 aliphatic rings. The van der Waals surface area contributed by atoms with E-state index in [2.05, 4.69) is 10.6 Å². The molecule has 5 nitrogen and oxygen atoms in total. The normalized spacial score (nSPS) is 10.3. The second-order valence-electron chi connectivity index (χ2n) is 3.90. The summed E-state index contributed by atoms with van der Waals surface area (Å²) in [4.78, 5) is 11.4. The van der Waals surface area contributed by atoms with Gasteiger partial charge in [0.15, 0.2) is 0 Å². The highest BCUT2D eigenvalue weighted by atomic mass is 19.1. The Labute approximate surface area is 112 Å². The molecule has 0 heterocycles. The average Bonchev–Trinajstić information content (AvgIpc) is 2.41. The van der Waals surface area contributed by atoms with Gasteiger partial charge in [0.2, 0.25) is 5.91 Å². The molecule has 6 heteroatoms. The van der Waals surface area contributed by atoms with Crippen LogP contribution in [0, 0.1) is 5.82 Å². The molecule has 2 N–H and O–H groups in total. The SMILES string of the molecule is COCCNC(=O)CNCc1ccc(OC)cc1F. The van der Waals surface area contributed by atoms with Gasteiger partial charge in [0.05, 0.1) is 20.3 Å². The molecule has 0 aromatic heterocycles. The fraction of sp³-hybridized carbons (Fsp3) is 0.462. The van der Waals surface area contributed by atoms with E-state index in [0.717, 1.165) is 0 Å². The Morgan fingerprint density at radius 2 is 2.16 bits per heavy atom. The van der Waals surface area contributed by atoms with Crippen molar-refractivity contribution in [1.29, 1.82) is 0 Å². The van der Waals surface area contributed by atoms with Crippen LogP contribution in [0.3, 0.4) is 0 Å². The lowest BCUT2D eigenvalue weighted by Gasteiger charge is -2.08. The molecular formula is C13H19FN2O3.